The summed E-state index contributed by atoms with van der Waals surface area (Å²) >= 11 is 0. The number of hydrogen-bond acceptors (Lipinski definition) is 5. The van der Waals surface area contributed by atoms with Crippen molar-refractivity contribution < 1.29 is 23.8 Å². The third kappa shape index (κ3) is 4.11. The van der Waals surface area contributed by atoms with Gasteiger partial charge in [-0.05, 0) is 0 Å². The van der Waals surface area contributed by atoms with Gasteiger partial charge >= 0.3 is 8.25 Å². The zero-order valence-electron chi connectivity index (χ0n) is 3.98. The monoisotopic (exact) mass is 141 g/mol. The molecule has 0 aromatic rings. The average molecular weight is 141 g/mol. The molecule has 0 saturated heterocycles. The number of aliphatic hydroxyl groups excluding tert-OH is 2. The fourth-order valence-electron chi connectivity index (χ4n) is 0.132. The van der Waals surface area contributed by atoms with Crippen LogP contribution in [0.1, 0.15) is 0 Å². The van der Waals surface area contributed by atoms with Gasteiger partial charge in [-0.1, -0.05) is 9.05 Å². The standard InChI is InChI=1S/C2H6O5P/c3-1-6-8(5)7-2-4/h3-4H,1-2H2/q+1. The summed E-state index contributed by atoms with van der Waals surface area (Å²) in [4.78, 5) is 0. The highest BCUT2D eigenvalue weighted by Gasteiger charge is 2.17. The lowest BCUT2D eigenvalue weighted by molar-refractivity contribution is 0.0506. The molecule has 0 bridgehead atoms. The Morgan fingerprint density at radius 2 is 1.62 bits per heavy atom. The Labute approximate surface area is 46.8 Å². The van der Waals surface area contributed by atoms with Gasteiger partial charge in [0, 0.05) is 4.57 Å². The van der Waals surface area contributed by atoms with Crippen LogP contribution in [-0.2, 0) is 13.6 Å². The second kappa shape index (κ2) is 5.08. The quantitative estimate of drug-likeness (QED) is 0.410. The van der Waals surface area contributed by atoms with Crippen molar-refractivity contribution in [1.29, 1.82) is 0 Å². The molecule has 6 heteroatoms. The summed E-state index contributed by atoms with van der Waals surface area (Å²) in [7, 11) is -2.33. The highest BCUT2D eigenvalue weighted by atomic mass is 31.1. The number of aliphatic hydroxyl groups is 2. The fourth-order valence-corrected chi connectivity index (χ4v) is 0.395. The number of rotatable bonds is 4. The molecule has 0 saturated carbocycles. The molecule has 2 N–H and O–H groups in total. The van der Waals surface area contributed by atoms with Crippen LogP contribution in [0, 0.1) is 0 Å². The largest absolute Gasteiger partial charge is 0.702 e. The van der Waals surface area contributed by atoms with Crippen molar-refractivity contribution in [2.24, 2.45) is 0 Å². The van der Waals surface area contributed by atoms with Crippen LogP contribution in [-0.4, -0.2) is 23.8 Å². The molecule has 0 aliphatic carbocycles. The Bertz CT molecular complexity index is 64.8. The molecule has 0 unspecified atom stereocenters. The first-order valence-corrected chi connectivity index (χ1v) is 2.85. The molecule has 5 nitrogen and oxygen atoms in total. The van der Waals surface area contributed by atoms with Gasteiger partial charge in [0.2, 0.25) is 13.6 Å². The van der Waals surface area contributed by atoms with Crippen molar-refractivity contribution in [1.82, 2.24) is 0 Å². The van der Waals surface area contributed by atoms with Crippen LogP contribution in [0.5, 0.6) is 0 Å². The molecular weight excluding hydrogens is 135 g/mol. The van der Waals surface area contributed by atoms with Gasteiger partial charge in [-0.25, -0.2) is 0 Å². The second-order valence-corrected chi connectivity index (χ2v) is 1.70. The molecule has 0 rings (SSSR count). The summed E-state index contributed by atoms with van der Waals surface area (Å²) in [6.45, 7) is -1.34. The highest BCUT2D eigenvalue weighted by Crippen LogP contribution is 2.21. The lowest BCUT2D eigenvalue weighted by Gasteiger charge is -1.78. The molecule has 0 radical (unpaired) electrons. The van der Waals surface area contributed by atoms with Crippen molar-refractivity contribution >= 4 is 8.25 Å². The van der Waals surface area contributed by atoms with Crippen LogP contribution < -0.4 is 0 Å². The van der Waals surface area contributed by atoms with Gasteiger partial charge in [0.15, 0.2) is 0 Å². The van der Waals surface area contributed by atoms with Crippen LogP contribution in [0.25, 0.3) is 0 Å². The molecule has 0 aliphatic heterocycles. The Morgan fingerprint density at radius 1 is 1.25 bits per heavy atom. The van der Waals surface area contributed by atoms with Crippen molar-refractivity contribution in [3.05, 3.63) is 0 Å². The van der Waals surface area contributed by atoms with Gasteiger partial charge in [0.1, 0.15) is 0 Å². The van der Waals surface area contributed by atoms with Gasteiger partial charge in [-0.3, -0.25) is 0 Å². The van der Waals surface area contributed by atoms with Crippen molar-refractivity contribution in [3.63, 3.8) is 0 Å². The first-order valence-electron chi connectivity index (χ1n) is 1.76. The average Bonchev–Trinajstić information content (AvgIpc) is 1.68. The minimum atomic E-state index is -2.33. The summed E-state index contributed by atoms with van der Waals surface area (Å²) in [5.41, 5.74) is 0. The summed E-state index contributed by atoms with van der Waals surface area (Å²) in [6.07, 6.45) is 0. The first-order chi connectivity index (χ1) is 3.81. The lowest BCUT2D eigenvalue weighted by atomic mass is 11.6. The predicted octanol–water partition coefficient (Wildman–Crippen LogP) is -0.423. The lowest BCUT2D eigenvalue weighted by Crippen LogP contribution is -1.86. The van der Waals surface area contributed by atoms with Gasteiger partial charge < -0.3 is 10.2 Å². The molecule has 8 heavy (non-hydrogen) atoms. The third-order valence-corrected chi connectivity index (χ3v) is 0.979. The Kier molecular flexibility index (Phi) is 5.05. The van der Waals surface area contributed by atoms with E-state index in [2.05, 4.69) is 9.05 Å². The van der Waals surface area contributed by atoms with E-state index in [1.165, 1.54) is 0 Å². The van der Waals surface area contributed by atoms with Crippen LogP contribution in [0.3, 0.4) is 0 Å². The summed E-state index contributed by atoms with van der Waals surface area (Å²) in [5, 5.41) is 15.8. The summed E-state index contributed by atoms with van der Waals surface area (Å²) in [5.74, 6) is 0. The Morgan fingerprint density at radius 3 is 1.88 bits per heavy atom. The maximum absolute atomic E-state index is 10.0. The van der Waals surface area contributed by atoms with Crippen molar-refractivity contribution in [2.75, 3.05) is 13.6 Å². The zero-order chi connectivity index (χ0) is 6.41. The van der Waals surface area contributed by atoms with Crippen molar-refractivity contribution in [3.8, 4) is 0 Å². The number of hydrogen-bond donors (Lipinski definition) is 2. The Balaban J connectivity index is 3.06. The molecule has 0 heterocycles. The Hall–Kier alpha value is -0.0600. The molecular formula is C2H6O5P+. The van der Waals surface area contributed by atoms with Gasteiger partial charge in [-0.15, -0.1) is 0 Å². The molecule has 0 aromatic heterocycles. The molecule has 0 atom stereocenters. The van der Waals surface area contributed by atoms with Crippen LogP contribution in [0.15, 0.2) is 0 Å². The minimum Gasteiger partial charge on any atom is -0.367 e. The minimum absolute atomic E-state index is 0.671. The van der Waals surface area contributed by atoms with Crippen LogP contribution in [0.2, 0.25) is 0 Å². The van der Waals surface area contributed by atoms with Gasteiger partial charge in [0.05, 0.1) is 0 Å². The summed E-state index contributed by atoms with van der Waals surface area (Å²) < 4.78 is 18.0. The molecule has 0 amide bonds. The predicted molar refractivity (Wildman–Crippen MR) is 23.9 cm³/mol. The van der Waals surface area contributed by atoms with E-state index in [0.717, 1.165) is 0 Å². The van der Waals surface area contributed by atoms with E-state index in [9.17, 15) is 4.57 Å². The van der Waals surface area contributed by atoms with E-state index < -0.39 is 21.8 Å². The highest BCUT2D eigenvalue weighted by molar-refractivity contribution is 7.33. The third-order valence-electron chi connectivity index (χ3n) is 0.326. The van der Waals surface area contributed by atoms with Crippen molar-refractivity contribution in [2.45, 2.75) is 0 Å². The SMILES string of the molecule is O=[P+](OCO)OCO. The van der Waals surface area contributed by atoms with E-state index in [0.29, 0.717) is 0 Å². The topological polar surface area (TPSA) is 76.0 Å². The first kappa shape index (κ1) is 7.94. The fraction of sp³-hybridized carbons (Fsp3) is 1.00. The summed E-state index contributed by atoms with van der Waals surface area (Å²) in [6, 6.07) is 0. The normalized spacial score (nSPS) is 9.25. The molecule has 0 spiro atoms. The maximum Gasteiger partial charge on any atom is 0.702 e. The zero-order valence-corrected chi connectivity index (χ0v) is 4.88. The molecule has 0 aliphatic rings. The molecule has 0 fully saturated rings. The van der Waals surface area contributed by atoms with E-state index in [1.807, 2.05) is 0 Å². The van der Waals surface area contributed by atoms with Gasteiger partial charge in [0.25, 0.3) is 0 Å². The van der Waals surface area contributed by atoms with E-state index in [4.69, 9.17) is 10.2 Å². The van der Waals surface area contributed by atoms with E-state index >= 15 is 0 Å². The van der Waals surface area contributed by atoms with E-state index in [-0.39, 0.29) is 0 Å². The molecule has 0 aromatic carbocycles. The smallest absolute Gasteiger partial charge is 0.367 e. The second-order valence-electron chi connectivity index (χ2n) is 0.740. The van der Waals surface area contributed by atoms with E-state index in [1.54, 1.807) is 0 Å². The molecule has 48 valence electrons. The van der Waals surface area contributed by atoms with Gasteiger partial charge in [-0.2, -0.15) is 0 Å². The maximum atomic E-state index is 10.0. The van der Waals surface area contributed by atoms with Crippen LogP contribution in [0.4, 0.5) is 0 Å². The van der Waals surface area contributed by atoms with Crippen LogP contribution >= 0.6 is 8.25 Å².